The smallest absolute Gasteiger partial charge is 0.398 e. The van der Waals surface area contributed by atoms with Crippen LogP contribution in [0.1, 0.15) is 46.2 Å². The van der Waals surface area contributed by atoms with Crippen LogP contribution >= 0.6 is 0 Å². The molecule has 0 atom stereocenters. The van der Waals surface area contributed by atoms with Crippen LogP contribution in [0.3, 0.4) is 0 Å². The highest BCUT2D eigenvalue weighted by Crippen LogP contribution is 2.36. The van der Waals surface area contributed by atoms with Gasteiger partial charge in [-0.15, -0.1) is 0 Å². The summed E-state index contributed by atoms with van der Waals surface area (Å²) in [5, 5.41) is 0. The molecule has 1 saturated heterocycles. The van der Waals surface area contributed by atoms with Crippen LogP contribution in [-0.4, -0.2) is 23.3 Å². The number of halogens is 1. The maximum atomic E-state index is 13.8. The molecule has 0 radical (unpaired) electrons. The SMILES string of the molecule is CC1(C)OB(c2cc(F)cc(CC3CC3)n2)OC1(C)C. The largest absolute Gasteiger partial charge is 0.514 e. The van der Waals surface area contributed by atoms with E-state index >= 15 is 0 Å². The van der Waals surface area contributed by atoms with Crippen LogP contribution < -0.4 is 5.59 Å². The fourth-order valence-electron chi connectivity index (χ4n) is 2.38. The van der Waals surface area contributed by atoms with Gasteiger partial charge in [0.05, 0.1) is 16.8 Å². The Morgan fingerprint density at radius 2 is 1.80 bits per heavy atom. The van der Waals surface area contributed by atoms with Gasteiger partial charge in [-0.2, -0.15) is 0 Å². The number of hydrogen-bond acceptors (Lipinski definition) is 3. The van der Waals surface area contributed by atoms with Crippen molar-refractivity contribution in [2.45, 2.75) is 58.2 Å². The third-order valence-electron chi connectivity index (χ3n) is 4.55. The second kappa shape index (κ2) is 4.53. The van der Waals surface area contributed by atoms with Crippen LogP contribution in [0.4, 0.5) is 4.39 Å². The van der Waals surface area contributed by atoms with Crippen LogP contribution in [0, 0.1) is 11.7 Å². The first-order valence-corrected chi connectivity index (χ1v) is 7.29. The van der Waals surface area contributed by atoms with E-state index in [0.29, 0.717) is 11.5 Å². The molecule has 1 saturated carbocycles. The molecule has 1 aromatic rings. The summed E-state index contributed by atoms with van der Waals surface area (Å²) in [4.78, 5) is 4.54. The fraction of sp³-hybridized carbons (Fsp3) is 0.667. The Morgan fingerprint density at radius 3 is 2.35 bits per heavy atom. The summed E-state index contributed by atoms with van der Waals surface area (Å²) < 4.78 is 25.6. The molecule has 3 rings (SSSR count). The summed E-state index contributed by atoms with van der Waals surface area (Å²) in [6, 6.07) is 2.94. The molecule has 0 spiro atoms. The number of pyridine rings is 1. The molecule has 0 amide bonds. The number of rotatable bonds is 3. The molecule has 20 heavy (non-hydrogen) atoms. The van der Waals surface area contributed by atoms with E-state index in [4.69, 9.17) is 9.31 Å². The Kier molecular flexibility index (Phi) is 3.18. The van der Waals surface area contributed by atoms with Crippen LogP contribution in [-0.2, 0) is 15.7 Å². The summed E-state index contributed by atoms with van der Waals surface area (Å²) in [6.07, 6.45) is 3.30. The monoisotopic (exact) mass is 277 g/mol. The zero-order valence-corrected chi connectivity index (χ0v) is 12.6. The molecule has 5 heteroatoms. The minimum absolute atomic E-state index is 0.264. The molecule has 2 heterocycles. The lowest BCUT2D eigenvalue weighted by molar-refractivity contribution is 0.00578. The van der Waals surface area contributed by atoms with Crippen molar-refractivity contribution in [3.8, 4) is 0 Å². The van der Waals surface area contributed by atoms with Gasteiger partial charge in [-0.3, -0.25) is 4.98 Å². The molecule has 108 valence electrons. The van der Waals surface area contributed by atoms with Crippen molar-refractivity contribution in [1.29, 1.82) is 0 Å². The molecule has 3 nitrogen and oxygen atoms in total. The predicted molar refractivity (Wildman–Crippen MR) is 76.3 cm³/mol. The Morgan fingerprint density at radius 1 is 1.20 bits per heavy atom. The Hall–Kier alpha value is -0.935. The first-order chi connectivity index (χ1) is 9.27. The van der Waals surface area contributed by atoms with Crippen molar-refractivity contribution in [1.82, 2.24) is 4.98 Å². The molecule has 1 aromatic heterocycles. The van der Waals surface area contributed by atoms with Gasteiger partial charge in [0, 0.05) is 5.69 Å². The fourth-order valence-corrected chi connectivity index (χ4v) is 2.38. The standard InChI is InChI=1S/C15H21BFNO2/c1-14(2)15(3,4)20-16(19-14)13-9-11(17)8-12(18-13)7-10-5-6-10/h8-10H,5-7H2,1-4H3. The maximum absolute atomic E-state index is 13.8. The van der Waals surface area contributed by atoms with Crippen molar-refractivity contribution in [3.63, 3.8) is 0 Å². The summed E-state index contributed by atoms with van der Waals surface area (Å²) in [5.41, 5.74) is 0.487. The van der Waals surface area contributed by atoms with E-state index in [0.717, 1.165) is 12.1 Å². The van der Waals surface area contributed by atoms with Crippen LogP contribution in [0.5, 0.6) is 0 Å². The van der Waals surface area contributed by atoms with Gasteiger partial charge in [-0.05, 0) is 65.0 Å². The van der Waals surface area contributed by atoms with E-state index in [-0.39, 0.29) is 5.82 Å². The molecular formula is C15H21BFNO2. The first kappa shape index (κ1) is 14.0. The van der Waals surface area contributed by atoms with Crippen LogP contribution in [0.2, 0.25) is 0 Å². The highest BCUT2D eigenvalue weighted by Gasteiger charge is 2.52. The summed E-state index contributed by atoms with van der Waals surface area (Å²) in [5.74, 6) is 0.413. The average molecular weight is 277 g/mol. The van der Waals surface area contributed by atoms with E-state index in [1.807, 2.05) is 27.7 Å². The van der Waals surface area contributed by atoms with Gasteiger partial charge in [0.15, 0.2) is 0 Å². The molecule has 1 aliphatic heterocycles. The summed E-state index contributed by atoms with van der Waals surface area (Å²) in [6.45, 7) is 7.93. The molecule has 2 fully saturated rings. The number of hydrogen-bond donors (Lipinski definition) is 0. The molecule has 1 aliphatic carbocycles. The van der Waals surface area contributed by atoms with Gasteiger partial charge in [0.25, 0.3) is 0 Å². The van der Waals surface area contributed by atoms with E-state index in [1.165, 1.54) is 25.0 Å². The van der Waals surface area contributed by atoms with Crippen molar-refractivity contribution in [2.24, 2.45) is 5.92 Å². The molecular weight excluding hydrogens is 256 g/mol. The molecule has 0 bridgehead atoms. The van der Waals surface area contributed by atoms with Crippen molar-refractivity contribution in [2.75, 3.05) is 0 Å². The zero-order valence-electron chi connectivity index (χ0n) is 12.6. The second-order valence-corrected chi connectivity index (χ2v) is 6.94. The number of nitrogens with zero attached hydrogens (tertiary/aromatic N) is 1. The third kappa shape index (κ3) is 2.61. The highest BCUT2D eigenvalue weighted by molar-refractivity contribution is 6.61. The van der Waals surface area contributed by atoms with Crippen LogP contribution in [0.15, 0.2) is 12.1 Å². The van der Waals surface area contributed by atoms with Gasteiger partial charge >= 0.3 is 7.12 Å². The Labute approximate surface area is 120 Å². The van der Waals surface area contributed by atoms with Gasteiger partial charge in [0.1, 0.15) is 5.82 Å². The van der Waals surface area contributed by atoms with E-state index in [2.05, 4.69) is 4.98 Å². The van der Waals surface area contributed by atoms with Crippen molar-refractivity contribution < 1.29 is 13.7 Å². The lowest BCUT2D eigenvalue weighted by Crippen LogP contribution is -2.41. The van der Waals surface area contributed by atoms with Gasteiger partial charge in [-0.1, -0.05) is 0 Å². The summed E-state index contributed by atoms with van der Waals surface area (Å²) >= 11 is 0. The highest BCUT2D eigenvalue weighted by atomic mass is 19.1. The second-order valence-electron chi connectivity index (χ2n) is 6.94. The quantitative estimate of drug-likeness (QED) is 0.795. The molecule has 0 N–H and O–H groups in total. The molecule has 0 aromatic carbocycles. The first-order valence-electron chi connectivity index (χ1n) is 7.29. The predicted octanol–water partition coefficient (Wildman–Crippen LogP) is 2.47. The lowest BCUT2D eigenvalue weighted by Gasteiger charge is -2.32. The number of aromatic nitrogens is 1. The minimum atomic E-state index is -0.589. The van der Waals surface area contributed by atoms with Crippen molar-refractivity contribution in [3.05, 3.63) is 23.6 Å². The van der Waals surface area contributed by atoms with Crippen molar-refractivity contribution >= 4 is 12.7 Å². The minimum Gasteiger partial charge on any atom is -0.398 e. The van der Waals surface area contributed by atoms with E-state index in [9.17, 15) is 4.39 Å². The summed E-state index contributed by atoms with van der Waals surface area (Å²) in [7, 11) is -0.589. The normalized spacial score (nSPS) is 24.1. The zero-order chi connectivity index (χ0) is 14.5. The Balaban J connectivity index is 1.85. The maximum Gasteiger partial charge on any atom is 0.514 e. The average Bonchev–Trinajstić information content (AvgIpc) is 3.06. The van der Waals surface area contributed by atoms with Crippen LogP contribution in [0.25, 0.3) is 0 Å². The third-order valence-corrected chi connectivity index (χ3v) is 4.55. The van der Waals surface area contributed by atoms with E-state index < -0.39 is 18.3 Å². The van der Waals surface area contributed by atoms with Gasteiger partial charge < -0.3 is 9.31 Å². The van der Waals surface area contributed by atoms with Gasteiger partial charge in [-0.25, -0.2) is 4.39 Å². The van der Waals surface area contributed by atoms with Gasteiger partial charge in [0.2, 0.25) is 0 Å². The molecule has 2 aliphatic rings. The lowest BCUT2D eigenvalue weighted by atomic mass is 9.84. The molecule has 0 unspecified atom stereocenters. The Bertz CT molecular complexity index is 513. The van der Waals surface area contributed by atoms with E-state index in [1.54, 1.807) is 0 Å². The topological polar surface area (TPSA) is 31.4 Å².